The number of pyridine rings is 2. The number of rotatable bonds is 3. The van der Waals surface area contributed by atoms with Gasteiger partial charge in [0, 0.05) is 39.0 Å². The molecule has 5 nitrogen and oxygen atoms in total. The standard InChI is InChI=1S/C34H21N5/c1-2-10-22(11-3-1)31-27-14-6-7-15-28(27)35-33(37-31)24-19-17-23(18-20-24)30-25-12-4-5-13-26(25)32-34(38-30)39-21-9-8-16-29(39)36-32/h1-21H. The third-order valence-electron chi connectivity index (χ3n) is 7.23. The Morgan fingerprint density at radius 3 is 1.92 bits per heavy atom. The van der Waals surface area contributed by atoms with Crippen molar-refractivity contribution in [2.75, 3.05) is 0 Å². The van der Waals surface area contributed by atoms with Crippen molar-refractivity contribution in [3.63, 3.8) is 0 Å². The molecule has 0 saturated carbocycles. The van der Waals surface area contributed by atoms with Crippen molar-refractivity contribution in [1.82, 2.24) is 24.3 Å². The average molecular weight is 500 g/mol. The van der Waals surface area contributed by atoms with E-state index in [2.05, 4.69) is 66.7 Å². The second-order valence-electron chi connectivity index (χ2n) is 9.58. The van der Waals surface area contributed by atoms with Gasteiger partial charge in [0.25, 0.3) is 0 Å². The van der Waals surface area contributed by atoms with Gasteiger partial charge in [-0.2, -0.15) is 0 Å². The van der Waals surface area contributed by atoms with Gasteiger partial charge in [-0.1, -0.05) is 103 Å². The Kier molecular flexibility index (Phi) is 4.76. The summed E-state index contributed by atoms with van der Waals surface area (Å²) in [6.07, 6.45) is 2.01. The van der Waals surface area contributed by atoms with Gasteiger partial charge in [-0.15, -0.1) is 0 Å². The largest absolute Gasteiger partial charge is 0.284 e. The average Bonchev–Trinajstić information content (AvgIpc) is 3.40. The van der Waals surface area contributed by atoms with Crippen LogP contribution in [0.25, 0.3) is 72.4 Å². The Labute approximate surface area is 224 Å². The van der Waals surface area contributed by atoms with Gasteiger partial charge in [-0.05, 0) is 18.2 Å². The first-order valence-corrected chi connectivity index (χ1v) is 12.9. The highest BCUT2D eigenvalue weighted by molar-refractivity contribution is 6.09. The topological polar surface area (TPSA) is 56.0 Å². The van der Waals surface area contributed by atoms with Crippen LogP contribution in [-0.4, -0.2) is 24.3 Å². The monoisotopic (exact) mass is 499 g/mol. The molecule has 4 heterocycles. The number of aromatic nitrogens is 5. The molecule has 4 aromatic carbocycles. The van der Waals surface area contributed by atoms with E-state index in [1.807, 2.05) is 65.2 Å². The lowest BCUT2D eigenvalue weighted by Crippen LogP contribution is -1.95. The molecule has 8 rings (SSSR count). The van der Waals surface area contributed by atoms with Crippen molar-refractivity contribution in [3.8, 4) is 33.9 Å². The van der Waals surface area contributed by atoms with Crippen molar-refractivity contribution in [3.05, 3.63) is 128 Å². The first kappa shape index (κ1) is 21.6. The second kappa shape index (κ2) is 8.57. The number of nitrogens with zero attached hydrogens (tertiary/aromatic N) is 5. The lowest BCUT2D eigenvalue weighted by molar-refractivity contribution is 1.19. The van der Waals surface area contributed by atoms with Gasteiger partial charge in [-0.25, -0.2) is 19.9 Å². The molecule has 0 saturated heterocycles. The van der Waals surface area contributed by atoms with Crippen LogP contribution in [0.15, 0.2) is 128 Å². The zero-order valence-electron chi connectivity index (χ0n) is 20.9. The van der Waals surface area contributed by atoms with Crippen LogP contribution >= 0.6 is 0 Å². The molecule has 0 atom stereocenters. The van der Waals surface area contributed by atoms with Gasteiger partial charge in [0.2, 0.25) is 0 Å². The van der Waals surface area contributed by atoms with Crippen LogP contribution in [0, 0.1) is 0 Å². The predicted octanol–water partition coefficient (Wildman–Crippen LogP) is 7.98. The quantitative estimate of drug-likeness (QED) is 0.247. The highest BCUT2D eigenvalue weighted by atomic mass is 15.1. The summed E-state index contributed by atoms with van der Waals surface area (Å²) in [5, 5.41) is 3.21. The molecule has 0 aliphatic rings. The minimum absolute atomic E-state index is 0.703. The number of hydrogen-bond donors (Lipinski definition) is 0. The van der Waals surface area contributed by atoms with Gasteiger partial charge >= 0.3 is 0 Å². The van der Waals surface area contributed by atoms with E-state index < -0.39 is 0 Å². The molecule has 0 aliphatic heterocycles. The molecule has 0 amide bonds. The van der Waals surface area contributed by atoms with Gasteiger partial charge < -0.3 is 0 Å². The van der Waals surface area contributed by atoms with Crippen molar-refractivity contribution in [2.24, 2.45) is 0 Å². The molecule has 0 aliphatic carbocycles. The summed E-state index contributed by atoms with van der Waals surface area (Å²) in [6, 6.07) is 41.2. The third kappa shape index (κ3) is 3.48. The van der Waals surface area contributed by atoms with Gasteiger partial charge in [0.15, 0.2) is 11.5 Å². The molecular weight excluding hydrogens is 478 g/mol. The Morgan fingerprint density at radius 1 is 0.436 bits per heavy atom. The first-order valence-electron chi connectivity index (χ1n) is 12.9. The molecule has 0 unspecified atom stereocenters. The molecule has 4 aromatic heterocycles. The molecule has 39 heavy (non-hydrogen) atoms. The summed E-state index contributed by atoms with van der Waals surface area (Å²) < 4.78 is 2.05. The minimum atomic E-state index is 0.703. The van der Waals surface area contributed by atoms with E-state index in [1.165, 1.54) is 0 Å². The zero-order valence-corrected chi connectivity index (χ0v) is 20.9. The van der Waals surface area contributed by atoms with Gasteiger partial charge in [0.1, 0.15) is 11.2 Å². The maximum atomic E-state index is 5.13. The van der Waals surface area contributed by atoms with E-state index in [0.29, 0.717) is 5.82 Å². The lowest BCUT2D eigenvalue weighted by atomic mass is 10.0. The number of para-hydroxylation sites is 1. The van der Waals surface area contributed by atoms with Gasteiger partial charge in [0.05, 0.1) is 16.9 Å². The first-order chi connectivity index (χ1) is 19.3. The number of imidazole rings is 1. The summed E-state index contributed by atoms with van der Waals surface area (Å²) in [6.45, 7) is 0. The number of hydrogen-bond acceptors (Lipinski definition) is 4. The fourth-order valence-electron chi connectivity index (χ4n) is 5.35. The molecule has 0 radical (unpaired) electrons. The van der Waals surface area contributed by atoms with Crippen molar-refractivity contribution < 1.29 is 0 Å². The van der Waals surface area contributed by atoms with E-state index in [4.69, 9.17) is 19.9 Å². The third-order valence-corrected chi connectivity index (χ3v) is 7.23. The van der Waals surface area contributed by atoms with E-state index in [9.17, 15) is 0 Å². The molecule has 0 bridgehead atoms. The van der Waals surface area contributed by atoms with Crippen LogP contribution in [0.2, 0.25) is 0 Å². The predicted molar refractivity (Wildman–Crippen MR) is 157 cm³/mol. The van der Waals surface area contributed by atoms with E-state index in [1.54, 1.807) is 0 Å². The minimum Gasteiger partial charge on any atom is -0.284 e. The van der Waals surface area contributed by atoms with Gasteiger partial charge in [-0.3, -0.25) is 4.40 Å². The normalized spacial score (nSPS) is 11.6. The summed E-state index contributed by atoms with van der Waals surface area (Å²) in [4.78, 5) is 19.9. The Balaban J connectivity index is 1.29. The number of fused-ring (bicyclic) bond motifs is 6. The van der Waals surface area contributed by atoms with Crippen LogP contribution in [-0.2, 0) is 0 Å². The Bertz CT molecular complexity index is 2160. The van der Waals surface area contributed by atoms with E-state index >= 15 is 0 Å². The highest BCUT2D eigenvalue weighted by Crippen LogP contribution is 2.34. The van der Waals surface area contributed by atoms with Crippen LogP contribution in [0.5, 0.6) is 0 Å². The second-order valence-corrected chi connectivity index (χ2v) is 9.58. The number of benzene rings is 4. The molecule has 182 valence electrons. The SMILES string of the molecule is c1ccc(-c2nc(-c3ccc(-c4nc5c(nc6ccccn65)c5ccccc45)cc3)nc3ccccc23)cc1. The fraction of sp³-hybridized carbons (Fsp3) is 0. The van der Waals surface area contributed by atoms with Crippen LogP contribution in [0.3, 0.4) is 0 Å². The van der Waals surface area contributed by atoms with Crippen LogP contribution < -0.4 is 0 Å². The lowest BCUT2D eigenvalue weighted by Gasteiger charge is -2.11. The summed E-state index contributed by atoms with van der Waals surface area (Å²) in [5.41, 5.74) is 8.52. The van der Waals surface area contributed by atoms with Crippen LogP contribution in [0.1, 0.15) is 0 Å². The molecule has 0 N–H and O–H groups in total. The Morgan fingerprint density at radius 2 is 1.08 bits per heavy atom. The maximum absolute atomic E-state index is 5.13. The molecular formula is C34H21N5. The summed E-state index contributed by atoms with van der Waals surface area (Å²) in [7, 11) is 0. The van der Waals surface area contributed by atoms with E-state index in [0.717, 1.165) is 66.6 Å². The summed E-state index contributed by atoms with van der Waals surface area (Å²) in [5.74, 6) is 0.703. The smallest absolute Gasteiger partial charge is 0.165 e. The fourth-order valence-corrected chi connectivity index (χ4v) is 5.35. The highest BCUT2D eigenvalue weighted by Gasteiger charge is 2.16. The van der Waals surface area contributed by atoms with Crippen molar-refractivity contribution in [2.45, 2.75) is 0 Å². The maximum Gasteiger partial charge on any atom is 0.165 e. The zero-order chi connectivity index (χ0) is 25.8. The molecule has 8 aromatic rings. The Hall–Kier alpha value is -5.42. The van der Waals surface area contributed by atoms with E-state index in [-0.39, 0.29) is 0 Å². The van der Waals surface area contributed by atoms with Crippen LogP contribution in [0.4, 0.5) is 0 Å². The molecule has 0 spiro atoms. The summed E-state index contributed by atoms with van der Waals surface area (Å²) >= 11 is 0. The van der Waals surface area contributed by atoms with Crippen molar-refractivity contribution in [1.29, 1.82) is 0 Å². The molecule has 0 fully saturated rings. The molecule has 5 heteroatoms. The van der Waals surface area contributed by atoms with Crippen molar-refractivity contribution >= 4 is 38.5 Å².